The fourth-order valence-corrected chi connectivity index (χ4v) is 2.68. The fourth-order valence-electron chi connectivity index (χ4n) is 0.880. The van der Waals surface area contributed by atoms with Crippen LogP contribution in [0.3, 0.4) is 0 Å². The van der Waals surface area contributed by atoms with E-state index in [9.17, 15) is 4.79 Å². The molecule has 1 rings (SSSR count). The van der Waals surface area contributed by atoms with Gasteiger partial charge in [-0.05, 0) is 50.4 Å². The van der Waals surface area contributed by atoms with Gasteiger partial charge in [0.2, 0.25) is 6.41 Å². The number of carbonyl (C=O) groups excluding carboxylic acids is 1. The number of halogens is 3. The second kappa shape index (κ2) is 4.44. The lowest BCUT2D eigenvalue weighted by Gasteiger charge is -2.09. The lowest BCUT2D eigenvalue weighted by atomic mass is 10.2. The van der Waals surface area contributed by atoms with Gasteiger partial charge < -0.3 is 5.32 Å². The molecule has 0 aromatic heterocycles. The zero-order valence-corrected chi connectivity index (χ0v) is 10.6. The lowest BCUT2D eigenvalue weighted by Crippen LogP contribution is -1.97. The van der Waals surface area contributed by atoms with Gasteiger partial charge >= 0.3 is 0 Å². The van der Waals surface area contributed by atoms with Gasteiger partial charge in [-0.3, -0.25) is 4.79 Å². The van der Waals surface area contributed by atoms with Crippen molar-refractivity contribution < 1.29 is 4.79 Å². The lowest BCUT2D eigenvalue weighted by molar-refractivity contribution is -0.105. The van der Waals surface area contributed by atoms with E-state index >= 15 is 0 Å². The van der Waals surface area contributed by atoms with Gasteiger partial charge in [0.15, 0.2) is 0 Å². The number of hydrogen-bond donors (Lipinski definition) is 1. The number of benzene rings is 1. The summed E-state index contributed by atoms with van der Waals surface area (Å²) in [4.78, 5) is 10.3. The molecule has 70 valence electrons. The van der Waals surface area contributed by atoms with Crippen molar-refractivity contribution >= 4 is 55.6 Å². The van der Waals surface area contributed by atoms with E-state index in [2.05, 4.69) is 37.2 Å². The van der Waals surface area contributed by atoms with Crippen LogP contribution in [0.4, 0.5) is 5.69 Å². The largest absolute Gasteiger partial charge is 0.327 e. The van der Waals surface area contributed by atoms with Crippen LogP contribution in [-0.4, -0.2) is 6.41 Å². The normalized spacial score (nSPS) is 9.85. The first-order valence-corrected chi connectivity index (χ1v) is 5.38. The van der Waals surface area contributed by atoms with E-state index in [0.717, 1.165) is 14.5 Å². The maximum absolute atomic E-state index is 10.3. The molecule has 0 radical (unpaired) electrons. The van der Waals surface area contributed by atoms with Gasteiger partial charge in [-0.2, -0.15) is 0 Å². The van der Waals surface area contributed by atoms with Crippen LogP contribution in [0.2, 0.25) is 5.02 Å². The average molecular weight is 327 g/mol. The quantitative estimate of drug-likeness (QED) is 0.824. The fraction of sp³-hybridized carbons (Fsp3) is 0.125. The molecule has 2 nitrogen and oxygen atoms in total. The van der Waals surface area contributed by atoms with E-state index in [0.29, 0.717) is 17.1 Å². The van der Waals surface area contributed by atoms with Crippen LogP contribution in [0.15, 0.2) is 15.0 Å². The molecular formula is C8H6Br2ClNO. The Kier molecular flexibility index (Phi) is 3.76. The zero-order chi connectivity index (χ0) is 10.0. The summed E-state index contributed by atoms with van der Waals surface area (Å²) < 4.78 is 1.54. The third-order valence-corrected chi connectivity index (χ3v) is 3.61. The van der Waals surface area contributed by atoms with E-state index < -0.39 is 0 Å². The van der Waals surface area contributed by atoms with Crippen LogP contribution < -0.4 is 5.32 Å². The Morgan fingerprint density at radius 3 is 2.69 bits per heavy atom. The number of rotatable bonds is 2. The summed E-state index contributed by atoms with van der Waals surface area (Å²) in [6.07, 6.45) is 0.623. The Morgan fingerprint density at radius 1 is 1.54 bits per heavy atom. The summed E-state index contributed by atoms with van der Waals surface area (Å²) in [5, 5.41) is 3.23. The standard InChI is InChI=1S/C8H6Br2ClNO/c1-4-6(11)2-5(9)8(7(4)10)12-3-13/h2-3H,1H3,(H,12,13). The van der Waals surface area contributed by atoms with E-state index in [1.54, 1.807) is 6.07 Å². The summed E-state index contributed by atoms with van der Waals surface area (Å²) >= 11 is 12.6. The second-order valence-corrected chi connectivity index (χ2v) is 4.47. The third kappa shape index (κ3) is 2.24. The monoisotopic (exact) mass is 325 g/mol. The highest BCUT2D eigenvalue weighted by molar-refractivity contribution is 9.11. The van der Waals surface area contributed by atoms with Crippen LogP contribution in [0.5, 0.6) is 0 Å². The van der Waals surface area contributed by atoms with Crippen LogP contribution >= 0.6 is 43.5 Å². The van der Waals surface area contributed by atoms with E-state index in [-0.39, 0.29) is 0 Å². The Hall–Kier alpha value is -0.0600. The van der Waals surface area contributed by atoms with Gasteiger partial charge in [0.1, 0.15) is 0 Å². The van der Waals surface area contributed by atoms with Gasteiger partial charge in [-0.25, -0.2) is 0 Å². The number of carbonyl (C=O) groups is 1. The minimum absolute atomic E-state index is 0.623. The smallest absolute Gasteiger partial charge is 0.211 e. The SMILES string of the molecule is Cc1c(Cl)cc(Br)c(NC=O)c1Br. The molecule has 1 amide bonds. The van der Waals surface area contributed by atoms with Crippen molar-refractivity contribution in [2.24, 2.45) is 0 Å². The molecule has 0 saturated heterocycles. The minimum atomic E-state index is 0.623. The molecule has 0 bridgehead atoms. The Balaban J connectivity index is 3.34. The van der Waals surface area contributed by atoms with E-state index in [1.165, 1.54) is 0 Å². The Labute approximate surface area is 97.9 Å². The van der Waals surface area contributed by atoms with Crippen molar-refractivity contribution in [2.75, 3.05) is 5.32 Å². The van der Waals surface area contributed by atoms with Crippen LogP contribution in [0, 0.1) is 6.92 Å². The van der Waals surface area contributed by atoms with Gasteiger partial charge in [-0.15, -0.1) is 0 Å². The van der Waals surface area contributed by atoms with Crippen LogP contribution in [0.1, 0.15) is 5.56 Å². The van der Waals surface area contributed by atoms with E-state index in [1.807, 2.05) is 6.92 Å². The predicted octanol–water partition coefficient (Wildman–Crippen LogP) is 3.74. The summed E-state index contributed by atoms with van der Waals surface area (Å²) in [5.41, 5.74) is 1.59. The Bertz CT molecular complexity index is 354. The summed E-state index contributed by atoms with van der Waals surface area (Å²) in [7, 11) is 0. The molecule has 1 aromatic carbocycles. The molecule has 5 heteroatoms. The highest BCUT2D eigenvalue weighted by Crippen LogP contribution is 2.37. The molecule has 0 aliphatic rings. The first-order chi connectivity index (χ1) is 6.07. The maximum atomic E-state index is 10.3. The van der Waals surface area contributed by atoms with E-state index in [4.69, 9.17) is 11.6 Å². The molecule has 0 heterocycles. The first kappa shape index (κ1) is 11.0. The molecule has 0 aliphatic carbocycles. The molecule has 1 N–H and O–H groups in total. The van der Waals surface area contributed by atoms with Crippen molar-refractivity contribution in [2.45, 2.75) is 6.92 Å². The molecule has 0 fully saturated rings. The zero-order valence-electron chi connectivity index (χ0n) is 6.70. The number of nitrogens with one attached hydrogen (secondary N) is 1. The molecule has 13 heavy (non-hydrogen) atoms. The summed E-state index contributed by atoms with van der Waals surface area (Å²) in [5.74, 6) is 0. The van der Waals surface area contributed by atoms with Crippen molar-refractivity contribution in [3.63, 3.8) is 0 Å². The van der Waals surface area contributed by atoms with Crippen LogP contribution in [0.25, 0.3) is 0 Å². The Morgan fingerprint density at radius 2 is 2.15 bits per heavy atom. The number of amides is 1. The first-order valence-electron chi connectivity index (χ1n) is 3.42. The van der Waals surface area contributed by atoms with Crippen molar-refractivity contribution in [1.29, 1.82) is 0 Å². The molecule has 1 aromatic rings. The van der Waals surface area contributed by atoms with Gasteiger partial charge in [0.25, 0.3) is 0 Å². The van der Waals surface area contributed by atoms with Gasteiger partial charge in [0.05, 0.1) is 5.69 Å². The van der Waals surface area contributed by atoms with Crippen molar-refractivity contribution in [3.05, 3.63) is 25.6 Å². The predicted molar refractivity (Wildman–Crippen MR) is 61.3 cm³/mol. The maximum Gasteiger partial charge on any atom is 0.211 e. The molecular weight excluding hydrogens is 321 g/mol. The topological polar surface area (TPSA) is 29.1 Å². The number of anilines is 1. The summed E-state index contributed by atoms with van der Waals surface area (Å²) in [6, 6.07) is 1.74. The third-order valence-electron chi connectivity index (χ3n) is 1.60. The molecule has 0 saturated carbocycles. The average Bonchev–Trinajstić information content (AvgIpc) is 2.09. The second-order valence-electron chi connectivity index (χ2n) is 2.42. The highest BCUT2D eigenvalue weighted by Gasteiger charge is 2.10. The summed E-state index contributed by atoms with van der Waals surface area (Å²) in [6.45, 7) is 1.87. The van der Waals surface area contributed by atoms with Crippen molar-refractivity contribution in [1.82, 2.24) is 0 Å². The van der Waals surface area contributed by atoms with Gasteiger partial charge in [-0.1, -0.05) is 11.6 Å². The highest BCUT2D eigenvalue weighted by atomic mass is 79.9. The minimum Gasteiger partial charge on any atom is -0.327 e. The molecule has 0 unspecified atom stereocenters. The van der Waals surface area contributed by atoms with Crippen molar-refractivity contribution in [3.8, 4) is 0 Å². The number of hydrogen-bond acceptors (Lipinski definition) is 1. The molecule has 0 atom stereocenters. The van der Waals surface area contributed by atoms with Crippen LogP contribution in [-0.2, 0) is 4.79 Å². The van der Waals surface area contributed by atoms with Gasteiger partial charge in [0, 0.05) is 14.0 Å². The molecule has 0 spiro atoms. The molecule has 0 aliphatic heterocycles.